The summed E-state index contributed by atoms with van der Waals surface area (Å²) in [6, 6.07) is 16.9. The van der Waals surface area contributed by atoms with Crippen LogP contribution >= 0.6 is 0 Å². The first-order valence-corrected chi connectivity index (χ1v) is 6.77. The van der Waals surface area contributed by atoms with Gasteiger partial charge in [0.1, 0.15) is 5.75 Å². The van der Waals surface area contributed by atoms with E-state index in [4.69, 9.17) is 10.5 Å². The molecule has 1 unspecified atom stereocenters. The molecule has 0 radical (unpaired) electrons. The molecule has 0 aromatic heterocycles. The maximum absolute atomic E-state index is 5.82. The van der Waals surface area contributed by atoms with Crippen molar-refractivity contribution in [3.05, 3.63) is 54.1 Å². The molecule has 1 atom stereocenters. The summed E-state index contributed by atoms with van der Waals surface area (Å²) in [5.41, 5.74) is 9.40. The van der Waals surface area contributed by atoms with E-state index in [-0.39, 0.29) is 6.04 Å². The minimum absolute atomic E-state index is 0.196. The molecule has 19 heavy (non-hydrogen) atoms. The zero-order valence-corrected chi connectivity index (χ0v) is 11.6. The molecule has 0 saturated heterocycles. The summed E-state index contributed by atoms with van der Waals surface area (Å²) in [5, 5.41) is 0. The SMILES string of the molecule is CCOc1ccccc1-c1ccc(CC(C)N)cc1. The molecule has 0 amide bonds. The van der Waals surface area contributed by atoms with E-state index in [0.717, 1.165) is 17.7 Å². The van der Waals surface area contributed by atoms with Crippen LogP contribution in [0.5, 0.6) is 5.75 Å². The molecule has 2 nitrogen and oxygen atoms in total. The monoisotopic (exact) mass is 255 g/mol. The van der Waals surface area contributed by atoms with Crippen LogP contribution < -0.4 is 10.5 Å². The lowest BCUT2D eigenvalue weighted by Gasteiger charge is -2.11. The summed E-state index contributed by atoms with van der Waals surface area (Å²) in [5.74, 6) is 0.935. The van der Waals surface area contributed by atoms with Gasteiger partial charge in [-0.25, -0.2) is 0 Å². The van der Waals surface area contributed by atoms with E-state index in [1.165, 1.54) is 11.1 Å². The van der Waals surface area contributed by atoms with Crippen LogP contribution in [0, 0.1) is 0 Å². The minimum atomic E-state index is 0.196. The van der Waals surface area contributed by atoms with Crippen LogP contribution in [-0.4, -0.2) is 12.6 Å². The molecule has 0 aliphatic heterocycles. The molecule has 2 aromatic rings. The van der Waals surface area contributed by atoms with Gasteiger partial charge in [-0.2, -0.15) is 0 Å². The molecule has 0 fully saturated rings. The Balaban J connectivity index is 2.27. The van der Waals surface area contributed by atoms with Crippen molar-refractivity contribution in [3.8, 4) is 16.9 Å². The third-order valence-corrected chi connectivity index (χ3v) is 3.01. The average Bonchev–Trinajstić information content (AvgIpc) is 2.40. The van der Waals surface area contributed by atoms with E-state index in [1.54, 1.807) is 0 Å². The first-order valence-electron chi connectivity index (χ1n) is 6.77. The van der Waals surface area contributed by atoms with E-state index in [1.807, 2.05) is 32.0 Å². The Morgan fingerprint density at radius 2 is 1.74 bits per heavy atom. The normalized spacial score (nSPS) is 12.2. The van der Waals surface area contributed by atoms with E-state index in [0.29, 0.717) is 6.61 Å². The lowest BCUT2D eigenvalue weighted by Crippen LogP contribution is -2.17. The number of ether oxygens (including phenoxy) is 1. The summed E-state index contributed by atoms with van der Waals surface area (Å²) >= 11 is 0. The Bertz CT molecular complexity index is 517. The predicted molar refractivity (Wildman–Crippen MR) is 80.4 cm³/mol. The van der Waals surface area contributed by atoms with E-state index >= 15 is 0 Å². The fraction of sp³-hybridized carbons (Fsp3) is 0.294. The van der Waals surface area contributed by atoms with E-state index in [9.17, 15) is 0 Å². The van der Waals surface area contributed by atoms with Crippen LogP contribution in [-0.2, 0) is 6.42 Å². The highest BCUT2D eigenvalue weighted by Crippen LogP contribution is 2.29. The van der Waals surface area contributed by atoms with Crippen molar-refractivity contribution in [1.82, 2.24) is 0 Å². The second-order valence-electron chi connectivity index (χ2n) is 4.81. The predicted octanol–water partition coefficient (Wildman–Crippen LogP) is 3.64. The number of nitrogens with two attached hydrogens (primary N) is 1. The Hall–Kier alpha value is -1.80. The molecule has 2 rings (SSSR count). The third kappa shape index (κ3) is 3.58. The number of para-hydroxylation sites is 1. The fourth-order valence-electron chi connectivity index (χ4n) is 2.18. The highest BCUT2D eigenvalue weighted by molar-refractivity contribution is 5.70. The molecule has 2 heteroatoms. The van der Waals surface area contributed by atoms with Crippen molar-refractivity contribution in [1.29, 1.82) is 0 Å². The summed E-state index contributed by atoms with van der Waals surface area (Å²) in [4.78, 5) is 0. The van der Waals surface area contributed by atoms with Gasteiger partial charge in [-0.15, -0.1) is 0 Å². The molecule has 0 aliphatic rings. The lowest BCUT2D eigenvalue weighted by molar-refractivity contribution is 0.341. The molecule has 2 N–H and O–H groups in total. The molecule has 0 aliphatic carbocycles. The first-order chi connectivity index (χ1) is 9.20. The quantitative estimate of drug-likeness (QED) is 0.885. The van der Waals surface area contributed by atoms with Gasteiger partial charge < -0.3 is 10.5 Å². The van der Waals surface area contributed by atoms with Gasteiger partial charge in [0.05, 0.1) is 6.61 Å². The maximum atomic E-state index is 5.82. The highest BCUT2D eigenvalue weighted by Gasteiger charge is 2.05. The third-order valence-electron chi connectivity index (χ3n) is 3.01. The van der Waals surface area contributed by atoms with Gasteiger partial charge in [-0.05, 0) is 37.5 Å². The molecule has 0 heterocycles. The minimum Gasteiger partial charge on any atom is -0.493 e. The molecule has 0 spiro atoms. The van der Waals surface area contributed by atoms with E-state index in [2.05, 4.69) is 30.3 Å². The van der Waals surface area contributed by atoms with Gasteiger partial charge in [0.15, 0.2) is 0 Å². The van der Waals surface area contributed by atoms with Gasteiger partial charge in [0.2, 0.25) is 0 Å². The fourth-order valence-corrected chi connectivity index (χ4v) is 2.18. The Morgan fingerprint density at radius 1 is 1.05 bits per heavy atom. The maximum Gasteiger partial charge on any atom is 0.127 e. The summed E-state index contributed by atoms with van der Waals surface area (Å²) < 4.78 is 5.67. The van der Waals surface area contributed by atoms with Crippen molar-refractivity contribution < 1.29 is 4.74 Å². The van der Waals surface area contributed by atoms with Gasteiger partial charge >= 0.3 is 0 Å². The standard InChI is InChI=1S/C17H21NO/c1-3-19-17-7-5-4-6-16(17)15-10-8-14(9-11-15)12-13(2)18/h4-11,13H,3,12,18H2,1-2H3. The second kappa shape index (κ2) is 6.39. The Labute approximate surface area is 115 Å². The number of hydrogen-bond acceptors (Lipinski definition) is 2. The van der Waals surface area contributed by atoms with Crippen molar-refractivity contribution in [2.75, 3.05) is 6.61 Å². The van der Waals surface area contributed by atoms with Gasteiger partial charge in [0, 0.05) is 11.6 Å². The molecule has 0 bridgehead atoms. The molecule has 0 saturated carbocycles. The highest BCUT2D eigenvalue weighted by atomic mass is 16.5. The van der Waals surface area contributed by atoms with Crippen molar-refractivity contribution in [2.45, 2.75) is 26.3 Å². The Kier molecular flexibility index (Phi) is 4.58. The van der Waals surface area contributed by atoms with Gasteiger partial charge in [-0.3, -0.25) is 0 Å². The lowest BCUT2D eigenvalue weighted by atomic mass is 10.0. The molecular formula is C17H21NO. The smallest absolute Gasteiger partial charge is 0.127 e. The number of hydrogen-bond donors (Lipinski definition) is 1. The van der Waals surface area contributed by atoms with Crippen molar-refractivity contribution in [2.24, 2.45) is 5.73 Å². The zero-order valence-electron chi connectivity index (χ0n) is 11.6. The number of rotatable bonds is 5. The molecule has 100 valence electrons. The summed E-state index contributed by atoms with van der Waals surface area (Å²) in [7, 11) is 0. The van der Waals surface area contributed by atoms with Crippen LogP contribution in [0.3, 0.4) is 0 Å². The number of benzene rings is 2. The van der Waals surface area contributed by atoms with Crippen molar-refractivity contribution in [3.63, 3.8) is 0 Å². The summed E-state index contributed by atoms with van der Waals surface area (Å²) in [6.07, 6.45) is 0.910. The van der Waals surface area contributed by atoms with Crippen LogP contribution in [0.4, 0.5) is 0 Å². The molecular weight excluding hydrogens is 234 g/mol. The Morgan fingerprint density at radius 3 is 2.37 bits per heavy atom. The van der Waals surface area contributed by atoms with Crippen LogP contribution in [0.25, 0.3) is 11.1 Å². The van der Waals surface area contributed by atoms with Gasteiger partial charge in [-0.1, -0.05) is 42.5 Å². The largest absolute Gasteiger partial charge is 0.493 e. The average molecular weight is 255 g/mol. The van der Waals surface area contributed by atoms with Crippen LogP contribution in [0.2, 0.25) is 0 Å². The van der Waals surface area contributed by atoms with Crippen LogP contribution in [0.1, 0.15) is 19.4 Å². The van der Waals surface area contributed by atoms with E-state index < -0.39 is 0 Å². The van der Waals surface area contributed by atoms with Crippen LogP contribution in [0.15, 0.2) is 48.5 Å². The zero-order chi connectivity index (χ0) is 13.7. The first kappa shape index (κ1) is 13.6. The second-order valence-corrected chi connectivity index (χ2v) is 4.81. The topological polar surface area (TPSA) is 35.2 Å². The van der Waals surface area contributed by atoms with Gasteiger partial charge in [0.25, 0.3) is 0 Å². The molecule has 2 aromatic carbocycles. The summed E-state index contributed by atoms with van der Waals surface area (Å²) in [6.45, 7) is 4.71. The van der Waals surface area contributed by atoms with Crippen molar-refractivity contribution >= 4 is 0 Å².